The molecule has 0 radical (unpaired) electrons. The summed E-state index contributed by atoms with van der Waals surface area (Å²) in [5.41, 5.74) is 1.31. The van der Waals surface area contributed by atoms with Crippen LogP contribution < -0.4 is 4.90 Å². The first-order valence-electron chi connectivity index (χ1n) is 7.43. The number of hydrogen-bond acceptors (Lipinski definition) is 4. The normalized spacial score (nSPS) is 16.6. The summed E-state index contributed by atoms with van der Waals surface area (Å²) in [6.07, 6.45) is -1.38. The Bertz CT molecular complexity index is 543. The van der Waals surface area contributed by atoms with Crippen LogP contribution in [0.25, 0.3) is 0 Å². The summed E-state index contributed by atoms with van der Waals surface area (Å²) in [6.45, 7) is 3.23. The molecule has 2 heterocycles. The molecule has 22 heavy (non-hydrogen) atoms. The molecule has 0 spiro atoms. The molecule has 7 heteroatoms. The summed E-state index contributed by atoms with van der Waals surface area (Å²) >= 11 is 0. The lowest BCUT2D eigenvalue weighted by Gasteiger charge is -2.30. The second kappa shape index (κ2) is 6.95. The van der Waals surface area contributed by atoms with Crippen LogP contribution in [0.2, 0.25) is 0 Å². The molecule has 4 nitrogen and oxygen atoms in total. The van der Waals surface area contributed by atoms with Crippen molar-refractivity contribution in [3.05, 3.63) is 17.6 Å². The van der Waals surface area contributed by atoms with E-state index in [1.807, 2.05) is 4.90 Å². The molecule has 0 aliphatic carbocycles. The Morgan fingerprint density at radius 2 is 2.05 bits per heavy atom. The molecule has 0 amide bonds. The summed E-state index contributed by atoms with van der Waals surface area (Å²) in [4.78, 5) is 10.8. The van der Waals surface area contributed by atoms with Crippen molar-refractivity contribution in [3.8, 4) is 6.07 Å². The van der Waals surface area contributed by atoms with Crippen LogP contribution in [0, 0.1) is 24.2 Å². The number of aromatic nitrogens is 2. The van der Waals surface area contributed by atoms with E-state index in [1.165, 1.54) is 0 Å². The third kappa shape index (κ3) is 4.58. The van der Waals surface area contributed by atoms with Crippen LogP contribution in [-0.2, 0) is 6.42 Å². The fraction of sp³-hybridized carbons (Fsp3) is 0.667. The van der Waals surface area contributed by atoms with Crippen molar-refractivity contribution in [2.75, 3.05) is 18.0 Å². The first-order chi connectivity index (χ1) is 10.4. The van der Waals surface area contributed by atoms with E-state index in [2.05, 4.69) is 16.0 Å². The summed E-state index contributed by atoms with van der Waals surface area (Å²) in [6, 6.07) is 2.27. The summed E-state index contributed by atoms with van der Waals surface area (Å²) in [5, 5.41) is 8.90. The van der Waals surface area contributed by atoms with Gasteiger partial charge in [-0.05, 0) is 32.6 Å². The predicted octanol–water partition coefficient (Wildman–Crippen LogP) is 3.41. The third-order valence-corrected chi connectivity index (χ3v) is 3.92. The number of alkyl halides is 3. The summed E-state index contributed by atoms with van der Waals surface area (Å²) < 4.78 is 36.7. The largest absolute Gasteiger partial charge is 0.389 e. The number of halogens is 3. The fourth-order valence-electron chi connectivity index (χ4n) is 2.56. The van der Waals surface area contributed by atoms with Crippen LogP contribution in [0.15, 0.2) is 6.20 Å². The quantitative estimate of drug-likeness (QED) is 0.855. The summed E-state index contributed by atoms with van der Waals surface area (Å²) in [7, 11) is 0. The van der Waals surface area contributed by atoms with Gasteiger partial charge in [0.25, 0.3) is 0 Å². The van der Waals surface area contributed by atoms with Gasteiger partial charge in [-0.15, -0.1) is 0 Å². The molecule has 0 aromatic carbocycles. The molecule has 0 atom stereocenters. The van der Waals surface area contributed by atoms with E-state index < -0.39 is 12.6 Å². The van der Waals surface area contributed by atoms with E-state index in [4.69, 9.17) is 5.26 Å². The minimum Gasteiger partial charge on any atom is -0.355 e. The number of nitrogens with zero attached hydrogens (tertiary/aromatic N) is 4. The molecule has 1 aromatic heterocycles. The van der Waals surface area contributed by atoms with Gasteiger partial charge in [-0.3, -0.25) is 4.98 Å². The second-order valence-electron chi connectivity index (χ2n) is 5.62. The molecular weight excluding hydrogens is 293 g/mol. The van der Waals surface area contributed by atoms with E-state index in [1.54, 1.807) is 13.1 Å². The topological polar surface area (TPSA) is 52.8 Å². The highest BCUT2D eigenvalue weighted by atomic mass is 19.4. The molecule has 1 fully saturated rings. The Kier molecular flexibility index (Phi) is 5.22. The van der Waals surface area contributed by atoms with Gasteiger partial charge in [0, 0.05) is 25.4 Å². The Labute approximate surface area is 128 Å². The Balaban J connectivity index is 1.99. The van der Waals surface area contributed by atoms with Gasteiger partial charge in [0.15, 0.2) is 0 Å². The van der Waals surface area contributed by atoms with Crippen molar-refractivity contribution in [3.63, 3.8) is 0 Å². The predicted molar refractivity (Wildman–Crippen MR) is 76.3 cm³/mol. The van der Waals surface area contributed by atoms with Crippen LogP contribution >= 0.6 is 0 Å². The zero-order chi connectivity index (χ0) is 16.2. The number of piperidine rings is 1. The van der Waals surface area contributed by atoms with E-state index in [-0.39, 0.29) is 18.8 Å². The number of aryl methyl sites for hydroxylation is 2. The van der Waals surface area contributed by atoms with Crippen molar-refractivity contribution in [1.82, 2.24) is 9.97 Å². The molecule has 0 unspecified atom stereocenters. The highest BCUT2D eigenvalue weighted by Gasteiger charge is 2.26. The average Bonchev–Trinajstić information content (AvgIpc) is 2.48. The molecule has 1 aromatic rings. The zero-order valence-electron chi connectivity index (χ0n) is 12.5. The lowest BCUT2D eigenvalue weighted by Crippen LogP contribution is -2.34. The number of hydrogen-bond donors (Lipinski definition) is 0. The van der Waals surface area contributed by atoms with Crippen LogP contribution in [-0.4, -0.2) is 29.2 Å². The molecule has 120 valence electrons. The smallest absolute Gasteiger partial charge is 0.355 e. The van der Waals surface area contributed by atoms with E-state index in [0.29, 0.717) is 17.2 Å². The molecule has 1 saturated heterocycles. The molecule has 2 rings (SSSR count). The van der Waals surface area contributed by atoms with Gasteiger partial charge in [0.2, 0.25) is 0 Å². The van der Waals surface area contributed by atoms with Gasteiger partial charge in [-0.1, -0.05) is 0 Å². The van der Waals surface area contributed by atoms with Crippen LogP contribution in [0.4, 0.5) is 19.0 Å². The maximum absolute atomic E-state index is 12.2. The summed E-state index contributed by atoms with van der Waals surface area (Å²) in [5.74, 6) is 0.782. The van der Waals surface area contributed by atoms with Crippen molar-refractivity contribution >= 4 is 5.82 Å². The van der Waals surface area contributed by atoms with E-state index in [9.17, 15) is 13.2 Å². The van der Waals surface area contributed by atoms with Gasteiger partial charge in [-0.25, -0.2) is 4.98 Å². The first kappa shape index (κ1) is 16.5. The average molecular weight is 312 g/mol. The van der Waals surface area contributed by atoms with Gasteiger partial charge in [-0.2, -0.15) is 18.4 Å². The SMILES string of the molecule is Cc1ncc(N2CCC(C#N)CC2)nc1CCCC(F)(F)F. The minimum atomic E-state index is -4.13. The van der Waals surface area contributed by atoms with E-state index >= 15 is 0 Å². The van der Waals surface area contributed by atoms with Crippen molar-refractivity contribution in [1.29, 1.82) is 5.26 Å². The molecule has 0 N–H and O–H groups in total. The lowest BCUT2D eigenvalue weighted by molar-refractivity contribution is -0.135. The van der Waals surface area contributed by atoms with Gasteiger partial charge in [0.05, 0.1) is 23.7 Å². The number of anilines is 1. The van der Waals surface area contributed by atoms with Crippen LogP contribution in [0.3, 0.4) is 0 Å². The van der Waals surface area contributed by atoms with Crippen molar-refractivity contribution in [2.24, 2.45) is 5.92 Å². The van der Waals surface area contributed by atoms with Gasteiger partial charge < -0.3 is 4.90 Å². The number of nitriles is 1. The maximum atomic E-state index is 12.2. The molecule has 0 bridgehead atoms. The van der Waals surface area contributed by atoms with Crippen LogP contribution in [0.1, 0.15) is 37.1 Å². The van der Waals surface area contributed by atoms with Crippen molar-refractivity contribution < 1.29 is 13.2 Å². The Morgan fingerprint density at radius 1 is 1.36 bits per heavy atom. The molecule has 1 aliphatic rings. The third-order valence-electron chi connectivity index (χ3n) is 3.92. The minimum absolute atomic E-state index is 0.0268. The highest BCUT2D eigenvalue weighted by molar-refractivity contribution is 5.38. The second-order valence-corrected chi connectivity index (χ2v) is 5.62. The van der Waals surface area contributed by atoms with Crippen LogP contribution in [0.5, 0.6) is 0 Å². The van der Waals surface area contributed by atoms with E-state index in [0.717, 1.165) is 25.9 Å². The standard InChI is InChI=1S/C15H19F3N4/c1-11-13(3-2-6-15(16,17)18)21-14(10-20-11)22-7-4-12(9-19)5-8-22/h10,12H,2-8H2,1H3. The zero-order valence-corrected chi connectivity index (χ0v) is 12.5. The Morgan fingerprint density at radius 3 is 2.64 bits per heavy atom. The number of rotatable bonds is 4. The molecule has 0 saturated carbocycles. The fourth-order valence-corrected chi connectivity index (χ4v) is 2.56. The first-order valence-corrected chi connectivity index (χ1v) is 7.43. The van der Waals surface area contributed by atoms with Crippen molar-refractivity contribution in [2.45, 2.75) is 45.2 Å². The monoisotopic (exact) mass is 312 g/mol. The highest BCUT2D eigenvalue weighted by Crippen LogP contribution is 2.24. The molecule has 1 aliphatic heterocycles. The van der Waals surface area contributed by atoms with Gasteiger partial charge in [0.1, 0.15) is 5.82 Å². The molecular formula is C15H19F3N4. The Hall–Kier alpha value is -1.84. The van der Waals surface area contributed by atoms with Gasteiger partial charge >= 0.3 is 6.18 Å². The maximum Gasteiger partial charge on any atom is 0.389 e. The lowest BCUT2D eigenvalue weighted by atomic mass is 9.99.